The standard InChI is InChI=1S/C52H51N3/c1-50(2,3)39-22-23-45(53-32-39)37-24-34(33-16-11-10-12-17-33)25-38(26-37)47-29-36(35-27-40(51(4,5)6)31-41(28-35)52(7,8)9)30-48(54-47)44-20-15-19-43-42-18-13-14-21-46(42)55-49(43)44/h10-32,55H,1-9H3. The maximum absolute atomic E-state index is 5.54. The summed E-state index contributed by atoms with van der Waals surface area (Å²) in [7, 11) is 0. The highest BCUT2D eigenvalue weighted by Gasteiger charge is 2.23. The molecule has 0 saturated carbocycles. The molecular formula is C52H51N3. The van der Waals surface area contributed by atoms with Gasteiger partial charge in [0.05, 0.1) is 22.6 Å². The van der Waals surface area contributed by atoms with Gasteiger partial charge in [0.2, 0.25) is 0 Å². The van der Waals surface area contributed by atoms with E-state index in [1.807, 2.05) is 6.20 Å². The first kappa shape index (κ1) is 36.2. The zero-order chi connectivity index (χ0) is 38.7. The molecule has 3 aromatic heterocycles. The molecule has 3 heteroatoms. The maximum Gasteiger partial charge on any atom is 0.0736 e. The van der Waals surface area contributed by atoms with Gasteiger partial charge in [0.25, 0.3) is 0 Å². The molecule has 3 heterocycles. The number of nitrogens with one attached hydrogen (secondary N) is 1. The minimum absolute atomic E-state index is 0.0148. The van der Waals surface area contributed by atoms with E-state index in [1.165, 1.54) is 33.0 Å². The fourth-order valence-electron chi connectivity index (χ4n) is 7.46. The summed E-state index contributed by atoms with van der Waals surface area (Å²) in [4.78, 5) is 14.3. The molecular weight excluding hydrogens is 667 g/mol. The zero-order valence-electron chi connectivity index (χ0n) is 33.7. The van der Waals surface area contributed by atoms with Gasteiger partial charge in [-0.2, -0.15) is 0 Å². The predicted octanol–water partition coefficient (Wildman–Crippen LogP) is 14.3. The molecule has 274 valence electrons. The Balaban J connectivity index is 1.40. The SMILES string of the molecule is CC(C)(C)c1ccc(-c2cc(-c3ccccc3)cc(-c3cc(-c4cc(C(C)(C)C)cc(C(C)(C)C)c4)cc(-c4cccc5c4[nH]c4ccccc45)n3)c2)nc1. The molecule has 0 atom stereocenters. The third-order valence-corrected chi connectivity index (χ3v) is 10.9. The van der Waals surface area contributed by atoms with E-state index < -0.39 is 0 Å². The van der Waals surface area contributed by atoms with Crippen molar-refractivity contribution in [2.75, 3.05) is 0 Å². The lowest BCUT2D eigenvalue weighted by atomic mass is 9.79. The number of fused-ring (bicyclic) bond motifs is 3. The van der Waals surface area contributed by atoms with Gasteiger partial charge >= 0.3 is 0 Å². The number of hydrogen-bond donors (Lipinski definition) is 1. The van der Waals surface area contributed by atoms with Crippen LogP contribution in [0.2, 0.25) is 0 Å². The first-order chi connectivity index (χ1) is 26.1. The minimum Gasteiger partial charge on any atom is -0.354 e. The van der Waals surface area contributed by atoms with Crippen LogP contribution in [0, 0.1) is 0 Å². The molecule has 8 rings (SSSR count). The van der Waals surface area contributed by atoms with Crippen LogP contribution in [0.3, 0.4) is 0 Å². The summed E-state index contributed by atoms with van der Waals surface area (Å²) in [5.41, 5.74) is 16.7. The van der Waals surface area contributed by atoms with Crippen LogP contribution in [0.15, 0.2) is 140 Å². The lowest BCUT2D eigenvalue weighted by molar-refractivity contribution is 0.569. The highest BCUT2D eigenvalue weighted by atomic mass is 14.7. The normalized spacial score (nSPS) is 12.5. The molecule has 1 N–H and O–H groups in total. The average Bonchev–Trinajstić information content (AvgIpc) is 3.56. The minimum atomic E-state index is -0.0148. The Labute approximate surface area is 326 Å². The third-order valence-electron chi connectivity index (χ3n) is 10.9. The lowest BCUT2D eigenvalue weighted by Gasteiger charge is -2.26. The number of pyridine rings is 2. The van der Waals surface area contributed by atoms with Crippen LogP contribution in [-0.2, 0) is 16.2 Å². The Kier molecular flexibility index (Phi) is 8.88. The Morgan fingerprint density at radius 3 is 1.62 bits per heavy atom. The Morgan fingerprint density at radius 1 is 0.400 bits per heavy atom. The van der Waals surface area contributed by atoms with Gasteiger partial charge in [-0.3, -0.25) is 4.98 Å². The van der Waals surface area contributed by atoms with Gasteiger partial charge in [-0.25, -0.2) is 4.98 Å². The summed E-state index contributed by atoms with van der Waals surface area (Å²) >= 11 is 0. The number of aromatic amines is 1. The number of hydrogen-bond acceptors (Lipinski definition) is 2. The second kappa shape index (κ2) is 13.5. The fourth-order valence-corrected chi connectivity index (χ4v) is 7.46. The Morgan fingerprint density at radius 2 is 0.964 bits per heavy atom. The second-order valence-electron chi connectivity index (χ2n) is 18.2. The lowest BCUT2D eigenvalue weighted by Crippen LogP contribution is -2.16. The van der Waals surface area contributed by atoms with E-state index in [9.17, 15) is 0 Å². The van der Waals surface area contributed by atoms with Crippen molar-refractivity contribution in [2.45, 2.75) is 78.6 Å². The summed E-state index contributed by atoms with van der Waals surface area (Å²) in [6.07, 6.45) is 2.02. The molecule has 0 saturated heterocycles. The smallest absolute Gasteiger partial charge is 0.0736 e. The van der Waals surface area contributed by atoms with Gasteiger partial charge in [0.15, 0.2) is 0 Å². The van der Waals surface area contributed by atoms with Crippen LogP contribution >= 0.6 is 0 Å². The topological polar surface area (TPSA) is 41.6 Å². The van der Waals surface area contributed by atoms with E-state index in [-0.39, 0.29) is 16.2 Å². The molecule has 0 aliphatic rings. The summed E-state index contributed by atoms with van der Waals surface area (Å²) in [5.74, 6) is 0. The van der Waals surface area contributed by atoms with Crippen LogP contribution < -0.4 is 0 Å². The van der Waals surface area contributed by atoms with Crippen molar-refractivity contribution >= 4 is 21.8 Å². The highest BCUT2D eigenvalue weighted by Crippen LogP contribution is 2.40. The highest BCUT2D eigenvalue weighted by molar-refractivity contribution is 6.11. The van der Waals surface area contributed by atoms with Crippen molar-refractivity contribution in [3.63, 3.8) is 0 Å². The van der Waals surface area contributed by atoms with E-state index in [0.29, 0.717) is 0 Å². The second-order valence-corrected chi connectivity index (χ2v) is 18.2. The molecule has 0 amide bonds. The number of rotatable bonds is 5. The molecule has 8 aromatic rings. The van der Waals surface area contributed by atoms with Crippen LogP contribution in [0.5, 0.6) is 0 Å². The molecule has 0 fully saturated rings. The molecule has 0 unspecified atom stereocenters. The quantitative estimate of drug-likeness (QED) is 0.193. The van der Waals surface area contributed by atoms with Crippen molar-refractivity contribution < 1.29 is 0 Å². The number of H-pyrrole nitrogens is 1. The number of nitrogens with zero attached hydrogens (tertiary/aromatic N) is 2. The van der Waals surface area contributed by atoms with Gasteiger partial charge in [0, 0.05) is 39.2 Å². The number of para-hydroxylation sites is 2. The molecule has 0 aliphatic carbocycles. The van der Waals surface area contributed by atoms with Crippen LogP contribution in [0.4, 0.5) is 0 Å². The van der Waals surface area contributed by atoms with E-state index in [1.54, 1.807) is 0 Å². The Bertz CT molecular complexity index is 2640. The first-order valence-corrected chi connectivity index (χ1v) is 19.5. The van der Waals surface area contributed by atoms with Crippen molar-refractivity contribution in [2.24, 2.45) is 0 Å². The average molecular weight is 718 g/mol. The van der Waals surface area contributed by atoms with Crippen molar-refractivity contribution in [1.29, 1.82) is 0 Å². The van der Waals surface area contributed by atoms with Crippen LogP contribution in [0.25, 0.3) is 77.8 Å². The van der Waals surface area contributed by atoms with E-state index in [4.69, 9.17) is 9.97 Å². The zero-order valence-corrected chi connectivity index (χ0v) is 33.7. The predicted molar refractivity (Wildman–Crippen MR) is 235 cm³/mol. The molecule has 0 bridgehead atoms. The van der Waals surface area contributed by atoms with E-state index >= 15 is 0 Å². The molecule has 0 radical (unpaired) electrons. The molecule has 5 aromatic carbocycles. The fraction of sp³-hybridized carbons (Fsp3) is 0.231. The maximum atomic E-state index is 5.54. The number of benzene rings is 5. The molecule has 0 spiro atoms. The van der Waals surface area contributed by atoms with Crippen molar-refractivity contribution in [3.05, 3.63) is 156 Å². The van der Waals surface area contributed by atoms with Gasteiger partial charge in [-0.05, 0) is 97.7 Å². The summed E-state index contributed by atoms with van der Waals surface area (Å²) < 4.78 is 0. The molecule has 55 heavy (non-hydrogen) atoms. The van der Waals surface area contributed by atoms with Crippen LogP contribution in [-0.4, -0.2) is 15.0 Å². The van der Waals surface area contributed by atoms with E-state index in [0.717, 1.165) is 61.5 Å². The first-order valence-electron chi connectivity index (χ1n) is 19.5. The molecule has 0 aliphatic heterocycles. The monoisotopic (exact) mass is 717 g/mol. The summed E-state index contributed by atoms with van der Waals surface area (Å²) in [5, 5.41) is 2.42. The third kappa shape index (κ3) is 7.24. The van der Waals surface area contributed by atoms with Crippen LogP contribution in [0.1, 0.15) is 79.0 Å². The van der Waals surface area contributed by atoms with Gasteiger partial charge in [-0.1, -0.05) is 153 Å². The van der Waals surface area contributed by atoms with E-state index in [2.05, 4.69) is 201 Å². The van der Waals surface area contributed by atoms with Gasteiger partial charge in [0.1, 0.15) is 0 Å². The van der Waals surface area contributed by atoms with Gasteiger partial charge in [-0.15, -0.1) is 0 Å². The summed E-state index contributed by atoms with van der Waals surface area (Å²) in [6.45, 7) is 20.5. The number of aromatic nitrogens is 3. The van der Waals surface area contributed by atoms with Crippen molar-refractivity contribution in [1.82, 2.24) is 15.0 Å². The summed E-state index contributed by atoms with van der Waals surface area (Å²) in [6, 6.07) is 48.6. The Hall–Kier alpha value is -5.80. The molecule has 3 nitrogen and oxygen atoms in total. The largest absolute Gasteiger partial charge is 0.354 e. The van der Waals surface area contributed by atoms with Crippen molar-refractivity contribution in [3.8, 4) is 56.0 Å². The van der Waals surface area contributed by atoms with Gasteiger partial charge < -0.3 is 4.98 Å².